The summed E-state index contributed by atoms with van der Waals surface area (Å²) in [7, 11) is -3.76. The summed E-state index contributed by atoms with van der Waals surface area (Å²) in [5.74, 6) is -0.494. The first-order valence-electron chi connectivity index (χ1n) is 5.12. The molecule has 0 aliphatic heterocycles. The average molecular weight is 365 g/mol. The summed E-state index contributed by atoms with van der Waals surface area (Å²) in [5, 5.41) is 0.483. The fourth-order valence-electron chi connectivity index (χ4n) is 1.39. The number of nitrogens with one attached hydrogen (secondary N) is 1. The first-order chi connectivity index (χ1) is 8.88. The number of hydrogen-bond donors (Lipinski definition) is 1. The fraction of sp³-hybridized carbons (Fsp3) is 0. The summed E-state index contributed by atoms with van der Waals surface area (Å²) in [6, 6.07) is 9.24. The van der Waals surface area contributed by atoms with Gasteiger partial charge >= 0.3 is 0 Å². The highest BCUT2D eigenvalue weighted by Gasteiger charge is 2.15. The second-order valence-electron chi connectivity index (χ2n) is 3.68. The highest BCUT2D eigenvalue weighted by Crippen LogP contribution is 2.27. The van der Waals surface area contributed by atoms with Crippen LogP contribution < -0.4 is 4.72 Å². The van der Waals surface area contributed by atoms with Gasteiger partial charge in [-0.15, -0.1) is 0 Å². The van der Waals surface area contributed by atoms with Crippen LogP contribution in [0.15, 0.2) is 51.8 Å². The van der Waals surface area contributed by atoms with Gasteiger partial charge in [-0.1, -0.05) is 11.6 Å². The minimum absolute atomic E-state index is 0.0178. The van der Waals surface area contributed by atoms with E-state index in [0.29, 0.717) is 15.2 Å². The maximum atomic E-state index is 12.8. The lowest BCUT2D eigenvalue weighted by Gasteiger charge is -2.10. The highest BCUT2D eigenvalue weighted by atomic mass is 79.9. The van der Waals surface area contributed by atoms with Crippen molar-refractivity contribution in [2.75, 3.05) is 4.72 Å². The molecule has 0 fully saturated rings. The summed E-state index contributed by atoms with van der Waals surface area (Å²) in [5.41, 5.74) is 0.355. The van der Waals surface area contributed by atoms with Crippen LogP contribution in [0.25, 0.3) is 0 Å². The predicted molar refractivity (Wildman–Crippen MR) is 76.4 cm³/mol. The molecule has 0 saturated carbocycles. The van der Waals surface area contributed by atoms with Crippen molar-refractivity contribution in [3.8, 4) is 0 Å². The van der Waals surface area contributed by atoms with Crippen LogP contribution in [0.1, 0.15) is 0 Å². The van der Waals surface area contributed by atoms with Crippen LogP contribution in [0, 0.1) is 5.82 Å². The van der Waals surface area contributed by atoms with Crippen molar-refractivity contribution in [1.29, 1.82) is 0 Å². The van der Waals surface area contributed by atoms with E-state index in [-0.39, 0.29) is 4.90 Å². The molecule has 19 heavy (non-hydrogen) atoms. The highest BCUT2D eigenvalue weighted by molar-refractivity contribution is 9.10. The summed E-state index contributed by atoms with van der Waals surface area (Å²) < 4.78 is 39.8. The van der Waals surface area contributed by atoms with Gasteiger partial charge in [0.25, 0.3) is 10.0 Å². The second-order valence-corrected chi connectivity index (χ2v) is 6.66. The lowest BCUT2D eigenvalue weighted by Crippen LogP contribution is -2.13. The zero-order valence-electron chi connectivity index (χ0n) is 9.40. The van der Waals surface area contributed by atoms with E-state index in [0.717, 1.165) is 12.1 Å². The van der Waals surface area contributed by atoms with Crippen molar-refractivity contribution in [3.63, 3.8) is 0 Å². The average Bonchev–Trinajstić information content (AvgIpc) is 2.33. The van der Waals surface area contributed by atoms with Gasteiger partial charge < -0.3 is 0 Å². The smallest absolute Gasteiger partial charge is 0.261 e. The third-order valence-corrected chi connectivity index (χ3v) is 4.57. The zero-order valence-corrected chi connectivity index (χ0v) is 12.6. The quantitative estimate of drug-likeness (QED) is 0.893. The first kappa shape index (κ1) is 14.3. The van der Waals surface area contributed by atoms with Crippen LogP contribution in [0.4, 0.5) is 10.1 Å². The normalized spacial score (nSPS) is 11.3. The molecular formula is C12H8BrClFNO2S. The minimum atomic E-state index is -3.76. The van der Waals surface area contributed by atoms with Gasteiger partial charge in [0.2, 0.25) is 0 Å². The molecule has 0 aromatic heterocycles. The number of halogens is 3. The van der Waals surface area contributed by atoms with Gasteiger partial charge in [0, 0.05) is 9.50 Å². The SMILES string of the molecule is O=S(=O)(Nc1ccc(Cl)cc1Br)c1ccc(F)cc1. The minimum Gasteiger partial charge on any atom is -0.278 e. The molecule has 0 unspecified atom stereocenters. The number of rotatable bonds is 3. The molecule has 0 heterocycles. The molecule has 100 valence electrons. The molecule has 3 nitrogen and oxygen atoms in total. The largest absolute Gasteiger partial charge is 0.278 e. The molecule has 0 aliphatic rings. The van der Waals surface area contributed by atoms with Crippen molar-refractivity contribution < 1.29 is 12.8 Å². The standard InChI is InChI=1S/C12H8BrClFNO2S/c13-11-7-8(14)1-6-12(11)16-19(17,18)10-4-2-9(15)3-5-10/h1-7,16H. The molecule has 0 saturated heterocycles. The number of hydrogen-bond acceptors (Lipinski definition) is 2. The van der Waals surface area contributed by atoms with Crippen LogP contribution in [0.2, 0.25) is 5.02 Å². The van der Waals surface area contributed by atoms with E-state index in [2.05, 4.69) is 20.7 Å². The molecule has 2 aromatic carbocycles. The molecule has 0 amide bonds. The van der Waals surface area contributed by atoms with E-state index in [1.165, 1.54) is 18.2 Å². The maximum Gasteiger partial charge on any atom is 0.261 e. The third kappa shape index (κ3) is 3.46. The topological polar surface area (TPSA) is 46.2 Å². The number of anilines is 1. The van der Waals surface area contributed by atoms with Gasteiger partial charge in [-0.05, 0) is 58.4 Å². The first-order valence-corrected chi connectivity index (χ1v) is 7.77. The van der Waals surface area contributed by atoms with Crippen LogP contribution in [0.5, 0.6) is 0 Å². The van der Waals surface area contributed by atoms with E-state index in [4.69, 9.17) is 11.6 Å². The van der Waals surface area contributed by atoms with Crippen molar-refractivity contribution >= 4 is 43.2 Å². The van der Waals surface area contributed by atoms with Crippen molar-refractivity contribution in [3.05, 3.63) is 57.8 Å². The van der Waals surface area contributed by atoms with E-state index in [9.17, 15) is 12.8 Å². The lowest BCUT2D eigenvalue weighted by atomic mass is 10.3. The predicted octanol–water partition coefficient (Wildman–Crippen LogP) is 4.04. The molecule has 0 bridgehead atoms. The number of benzene rings is 2. The van der Waals surface area contributed by atoms with Crippen LogP contribution in [-0.4, -0.2) is 8.42 Å². The Morgan fingerprint density at radius 1 is 1.11 bits per heavy atom. The molecule has 2 rings (SSSR count). The molecular weight excluding hydrogens is 357 g/mol. The molecule has 0 aliphatic carbocycles. The Balaban J connectivity index is 2.33. The second kappa shape index (κ2) is 5.48. The Bertz CT molecular complexity index is 704. The molecule has 7 heteroatoms. The molecule has 2 aromatic rings. The molecule has 0 spiro atoms. The van der Waals surface area contributed by atoms with Gasteiger partial charge in [-0.2, -0.15) is 0 Å². The van der Waals surface area contributed by atoms with Crippen molar-refractivity contribution in [1.82, 2.24) is 0 Å². The summed E-state index contributed by atoms with van der Waals surface area (Å²) >= 11 is 8.99. The van der Waals surface area contributed by atoms with E-state index < -0.39 is 15.8 Å². The van der Waals surface area contributed by atoms with Gasteiger partial charge in [0.1, 0.15) is 5.82 Å². The molecule has 1 N–H and O–H groups in total. The summed E-state index contributed by atoms with van der Waals surface area (Å²) in [4.78, 5) is -0.0178. The Labute approximate surface area is 123 Å². The van der Waals surface area contributed by atoms with Crippen molar-refractivity contribution in [2.45, 2.75) is 4.90 Å². The Morgan fingerprint density at radius 3 is 2.32 bits per heavy atom. The fourth-order valence-corrected chi connectivity index (χ4v) is 3.38. The summed E-state index contributed by atoms with van der Waals surface area (Å²) in [6.07, 6.45) is 0. The summed E-state index contributed by atoms with van der Waals surface area (Å²) in [6.45, 7) is 0. The van der Waals surface area contributed by atoms with Crippen molar-refractivity contribution in [2.24, 2.45) is 0 Å². The van der Waals surface area contributed by atoms with E-state index >= 15 is 0 Å². The van der Waals surface area contributed by atoms with Crippen LogP contribution >= 0.6 is 27.5 Å². The Hall–Kier alpha value is -1.11. The van der Waals surface area contributed by atoms with E-state index in [1.807, 2.05) is 0 Å². The monoisotopic (exact) mass is 363 g/mol. The van der Waals surface area contributed by atoms with Crippen LogP contribution in [0.3, 0.4) is 0 Å². The maximum absolute atomic E-state index is 12.8. The Morgan fingerprint density at radius 2 is 1.74 bits per heavy atom. The van der Waals surface area contributed by atoms with Gasteiger partial charge in [0.15, 0.2) is 0 Å². The molecule has 0 atom stereocenters. The van der Waals surface area contributed by atoms with Gasteiger partial charge in [-0.3, -0.25) is 4.72 Å². The van der Waals surface area contributed by atoms with E-state index in [1.54, 1.807) is 12.1 Å². The van der Waals surface area contributed by atoms with Crippen LogP contribution in [-0.2, 0) is 10.0 Å². The third-order valence-electron chi connectivity index (χ3n) is 2.30. The zero-order chi connectivity index (χ0) is 14.0. The lowest BCUT2D eigenvalue weighted by molar-refractivity contribution is 0.599. The molecule has 0 radical (unpaired) electrons. The van der Waals surface area contributed by atoms with Gasteiger partial charge in [0.05, 0.1) is 10.6 Å². The number of sulfonamides is 1. The Kier molecular flexibility index (Phi) is 4.13. The van der Waals surface area contributed by atoms with Gasteiger partial charge in [-0.25, -0.2) is 12.8 Å².